The third-order valence-electron chi connectivity index (χ3n) is 1.79. The minimum atomic E-state index is 0. The molecule has 0 nitrogen and oxygen atoms in total. The van der Waals surface area contributed by atoms with Crippen LogP contribution in [0.15, 0.2) is 24.3 Å². The van der Waals surface area contributed by atoms with E-state index in [1.54, 1.807) is 0 Å². The molecule has 2 rings (SSSR count). The molecule has 0 atom stereocenters. The molecular weight excluding hydrogens is 403 g/mol. The summed E-state index contributed by atoms with van der Waals surface area (Å²) in [5, 5.41) is 0. The Morgan fingerprint density at radius 1 is 1.33 bits per heavy atom. The van der Waals surface area contributed by atoms with Gasteiger partial charge in [-0.15, -0.1) is 0 Å². The fraction of sp³-hybridized carbons (Fsp3) is 0.429. The van der Waals surface area contributed by atoms with E-state index < -0.39 is 0 Å². The van der Waals surface area contributed by atoms with Gasteiger partial charge in [0.05, 0.1) is 3.42 Å². The molecule has 2 bridgehead atoms. The third-order valence-corrected chi connectivity index (χ3v) is 2.95. The van der Waals surface area contributed by atoms with Gasteiger partial charge in [-0.05, 0) is 12.3 Å². The smallest absolute Gasteiger partial charge is 0.0589 e. The molecule has 2 heteroatoms. The molecule has 2 aliphatic carbocycles. The summed E-state index contributed by atoms with van der Waals surface area (Å²) < 4.78 is 0.419. The first-order chi connectivity index (χ1) is 3.79. The Hall–Kier alpha value is 0.859. The van der Waals surface area contributed by atoms with Gasteiger partial charge in [0.1, 0.15) is 0 Å². The Morgan fingerprint density at radius 3 is 2.00 bits per heavy atom. The van der Waals surface area contributed by atoms with Crippen molar-refractivity contribution in [3.05, 3.63) is 24.3 Å². The Kier molecular flexibility index (Phi) is 2.19. The van der Waals surface area contributed by atoms with Gasteiger partial charge >= 0.3 is 0 Å². The molecule has 0 saturated heterocycles. The molecule has 2 aliphatic rings. The molecule has 0 aromatic heterocycles. The molecule has 0 amide bonds. The number of rotatable bonds is 0. The van der Waals surface area contributed by atoms with Crippen molar-refractivity contribution in [1.29, 1.82) is 0 Å². The summed E-state index contributed by atoms with van der Waals surface area (Å²) in [5.74, 6) is 0.770. The molecule has 0 aromatic rings. The number of alkyl halides is 1. The Bertz CT molecular complexity index is 158. The summed E-state index contributed by atoms with van der Waals surface area (Å²) in [6.45, 7) is 0. The molecular formula is C7H7IIr. The predicted molar refractivity (Wildman–Crippen MR) is 43.1 cm³/mol. The summed E-state index contributed by atoms with van der Waals surface area (Å²) in [5.41, 5.74) is 0. The normalized spacial score (nSPS) is 43.4. The minimum Gasteiger partial charge on any atom is -0.0799 e. The summed E-state index contributed by atoms with van der Waals surface area (Å²) in [4.78, 5) is 0. The molecule has 1 radical (unpaired) electrons. The second-order valence-electron chi connectivity index (χ2n) is 2.51. The maximum absolute atomic E-state index is 2.50. The maximum Gasteiger partial charge on any atom is 0.0589 e. The second kappa shape index (κ2) is 2.48. The molecule has 0 saturated carbocycles. The molecule has 0 heterocycles. The SMILES string of the molecule is IC12C=CC(C=C1)C2.[Ir]. The number of hydrogen-bond donors (Lipinski definition) is 0. The number of hydrogen-bond acceptors (Lipinski definition) is 0. The van der Waals surface area contributed by atoms with Crippen LogP contribution in [0.4, 0.5) is 0 Å². The third kappa shape index (κ3) is 1.31. The minimum absolute atomic E-state index is 0. The van der Waals surface area contributed by atoms with Crippen molar-refractivity contribution in [2.24, 2.45) is 5.92 Å². The Morgan fingerprint density at radius 2 is 1.89 bits per heavy atom. The van der Waals surface area contributed by atoms with Crippen LogP contribution in [0.25, 0.3) is 0 Å². The van der Waals surface area contributed by atoms with Crippen LogP contribution in [0.1, 0.15) is 6.42 Å². The van der Waals surface area contributed by atoms with Crippen molar-refractivity contribution in [1.82, 2.24) is 0 Å². The van der Waals surface area contributed by atoms with Gasteiger partial charge in [-0.1, -0.05) is 46.9 Å². The monoisotopic (exact) mass is 411 g/mol. The zero-order chi connectivity index (χ0) is 5.61. The van der Waals surface area contributed by atoms with E-state index in [-0.39, 0.29) is 20.1 Å². The maximum atomic E-state index is 2.50. The first-order valence-corrected chi connectivity index (χ1v) is 3.94. The van der Waals surface area contributed by atoms with Crippen LogP contribution in [-0.4, -0.2) is 3.42 Å². The molecule has 0 aromatic carbocycles. The molecule has 0 unspecified atom stereocenters. The van der Waals surface area contributed by atoms with Crippen molar-refractivity contribution in [2.75, 3.05) is 0 Å². The van der Waals surface area contributed by atoms with Crippen LogP contribution < -0.4 is 0 Å². The van der Waals surface area contributed by atoms with Gasteiger partial charge in [0.2, 0.25) is 0 Å². The van der Waals surface area contributed by atoms with E-state index in [0.717, 1.165) is 5.92 Å². The molecule has 51 valence electrons. The molecule has 0 aliphatic heterocycles. The molecule has 0 spiro atoms. The summed E-state index contributed by atoms with van der Waals surface area (Å²) in [7, 11) is 0. The van der Waals surface area contributed by atoms with Gasteiger partial charge in [-0.2, -0.15) is 0 Å². The van der Waals surface area contributed by atoms with Crippen LogP contribution >= 0.6 is 22.6 Å². The topological polar surface area (TPSA) is 0 Å². The van der Waals surface area contributed by atoms with E-state index in [2.05, 4.69) is 46.9 Å². The van der Waals surface area contributed by atoms with E-state index in [9.17, 15) is 0 Å². The van der Waals surface area contributed by atoms with Crippen molar-refractivity contribution in [2.45, 2.75) is 9.84 Å². The van der Waals surface area contributed by atoms with Gasteiger partial charge in [-0.3, -0.25) is 0 Å². The summed E-state index contributed by atoms with van der Waals surface area (Å²) in [6, 6.07) is 0. The van der Waals surface area contributed by atoms with Crippen molar-refractivity contribution >= 4 is 22.6 Å². The van der Waals surface area contributed by atoms with Crippen molar-refractivity contribution < 1.29 is 20.1 Å². The van der Waals surface area contributed by atoms with Gasteiger partial charge in [-0.25, -0.2) is 0 Å². The van der Waals surface area contributed by atoms with Gasteiger partial charge in [0.25, 0.3) is 0 Å². The van der Waals surface area contributed by atoms with Gasteiger partial charge < -0.3 is 0 Å². The molecule has 0 N–H and O–H groups in total. The van der Waals surface area contributed by atoms with Crippen molar-refractivity contribution in [3.63, 3.8) is 0 Å². The first-order valence-electron chi connectivity index (χ1n) is 2.86. The van der Waals surface area contributed by atoms with Gasteiger partial charge in [0.15, 0.2) is 0 Å². The first kappa shape index (κ1) is 7.96. The number of halogens is 1. The average Bonchev–Trinajstić information content (AvgIpc) is 2.21. The fourth-order valence-corrected chi connectivity index (χ4v) is 2.24. The number of fused-ring (bicyclic) bond motifs is 2. The van der Waals surface area contributed by atoms with Crippen LogP contribution in [-0.2, 0) is 20.1 Å². The van der Waals surface area contributed by atoms with E-state index in [1.165, 1.54) is 6.42 Å². The van der Waals surface area contributed by atoms with Crippen LogP contribution in [0.5, 0.6) is 0 Å². The Balaban J connectivity index is 0.000000405. The number of allylic oxidation sites excluding steroid dienone is 4. The quantitative estimate of drug-likeness (QED) is 0.327. The predicted octanol–water partition coefficient (Wildman–Crippen LogP) is 2.30. The van der Waals surface area contributed by atoms with Crippen LogP contribution in [0.3, 0.4) is 0 Å². The summed E-state index contributed by atoms with van der Waals surface area (Å²) >= 11 is 2.50. The van der Waals surface area contributed by atoms with E-state index in [4.69, 9.17) is 0 Å². The van der Waals surface area contributed by atoms with Gasteiger partial charge in [0, 0.05) is 20.1 Å². The standard InChI is InChI=1S/C7H7I.Ir/c8-7-3-1-6(5-7)2-4-7;/h1-4,6H,5H2;. The average molecular weight is 410 g/mol. The zero-order valence-electron chi connectivity index (χ0n) is 4.81. The van der Waals surface area contributed by atoms with E-state index in [1.807, 2.05) is 0 Å². The largest absolute Gasteiger partial charge is 0.0799 e. The molecule has 9 heavy (non-hydrogen) atoms. The van der Waals surface area contributed by atoms with E-state index >= 15 is 0 Å². The van der Waals surface area contributed by atoms with Crippen LogP contribution in [0.2, 0.25) is 0 Å². The second-order valence-corrected chi connectivity index (χ2v) is 4.52. The fourth-order valence-electron chi connectivity index (χ4n) is 1.32. The van der Waals surface area contributed by atoms with Crippen LogP contribution in [0, 0.1) is 5.92 Å². The zero-order valence-corrected chi connectivity index (χ0v) is 9.36. The summed E-state index contributed by atoms with van der Waals surface area (Å²) in [6.07, 6.45) is 10.5. The van der Waals surface area contributed by atoms with E-state index in [0.29, 0.717) is 3.42 Å². The molecule has 0 fully saturated rings. The Labute approximate surface area is 82.3 Å². The van der Waals surface area contributed by atoms with Crippen molar-refractivity contribution in [3.8, 4) is 0 Å².